The molecule has 0 aromatic carbocycles. The minimum Gasteiger partial charge on any atom is -0.478 e. The molecule has 0 aromatic rings. The van der Waals surface area contributed by atoms with Crippen molar-refractivity contribution >= 4 is 5.97 Å². The van der Waals surface area contributed by atoms with Crippen molar-refractivity contribution in [2.24, 2.45) is 5.92 Å². The van der Waals surface area contributed by atoms with Crippen molar-refractivity contribution in [1.82, 2.24) is 0 Å². The van der Waals surface area contributed by atoms with Crippen LogP contribution in [0.2, 0.25) is 0 Å². The van der Waals surface area contributed by atoms with Crippen LogP contribution in [-0.2, 0) is 4.79 Å². The summed E-state index contributed by atoms with van der Waals surface area (Å²) in [7, 11) is 0. The Morgan fingerprint density at radius 2 is 1.88 bits per heavy atom. The number of allylic oxidation sites excluding steroid dienone is 1. The Bertz CT molecular complexity index is 260. The zero-order chi connectivity index (χ0) is 12.0. The first-order valence-electron chi connectivity index (χ1n) is 6.59. The lowest BCUT2D eigenvalue weighted by Gasteiger charge is -2.14. The molecule has 0 heterocycles. The maximum absolute atomic E-state index is 11.3. The average molecular weight is 224 g/mol. The van der Waals surface area contributed by atoms with Gasteiger partial charge in [0.25, 0.3) is 0 Å². The summed E-state index contributed by atoms with van der Waals surface area (Å²) in [5, 5.41) is 9.30. The fourth-order valence-electron chi connectivity index (χ4n) is 2.69. The third-order valence-electron chi connectivity index (χ3n) is 3.61. The minimum absolute atomic E-state index is 0.333. The third kappa shape index (κ3) is 3.66. The first-order chi connectivity index (χ1) is 7.66. The van der Waals surface area contributed by atoms with Crippen LogP contribution in [0.3, 0.4) is 0 Å². The average Bonchev–Trinajstić information content (AvgIpc) is 2.71. The Morgan fingerprint density at radius 3 is 2.38 bits per heavy atom. The SMILES string of the molecule is CCCCCC(C)=C(C(=O)O)C1CCCC1. The smallest absolute Gasteiger partial charge is 0.331 e. The molecule has 92 valence electrons. The molecule has 1 aliphatic rings. The molecule has 0 bridgehead atoms. The van der Waals surface area contributed by atoms with E-state index in [1.807, 2.05) is 6.92 Å². The van der Waals surface area contributed by atoms with Crippen molar-refractivity contribution in [2.75, 3.05) is 0 Å². The molecule has 1 rings (SSSR count). The zero-order valence-corrected chi connectivity index (χ0v) is 10.6. The Kier molecular flexibility index (Phi) is 5.58. The number of hydrogen-bond acceptors (Lipinski definition) is 1. The van der Waals surface area contributed by atoms with Gasteiger partial charge in [0.15, 0.2) is 0 Å². The number of unbranched alkanes of at least 4 members (excludes halogenated alkanes) is 2. The number of carbonyl (C=O) groups is 1. The molecule has 0 aliphatic heterocycles. The normalized spacial score (nSPS) is 18.6. The maximum atomic E-state index is 11.3. The molecule has 1 saturated carbocycles. The van der Waals surface area contributed by atoms with Crippen LogP contribution in [0, 0.1) is 5.92 Å². The molecule has 1 N–H and O–H groups in total. The molecule has 0 atom stereocenters. The van der Waals surface area contributed by atoms with Crippen molar-refractivity contribution < 1.29 is 9.90 Å². The molecule has 0 spiro atoms. The second kappa shape index (κ2) is 6.72. The van der Waals surface area contributed by atoms with E-state index in [4.69, 9.17) is 0 Å². The fraction of sp³-hybridized carbons (Fsp3) is 0.786. The van der Waals surface area contributed by atoms with Gasteiger partial charge in [-0.3, -0.25) is 0 Å². The van der Waals surface area contributed by atoms with Crippen molar-refractivity contribution in [3.8, 4) is 0 Å². The van der Waals surface area contributed by atoms with Crippen LogP contribution < -0.4 is 0 Å². The number of rotatable bonds is 6. The highest BCUT2D eigenvalue weighted by Gasteiger charge is 2.25. The summed E-state index contributed by atoms with van der Waals surface area (Å²) in [5.41, 5.74) is 1.85. The fourth-order valence-corrected chi connectivity index (χ4v) is 2.69. The Labute approximate surface area is 98.7 Å². The lowest BCUT2D eigenvalue weighted by molar-refractivity contribution is -0.133. The summed E-state index contributed by atoms with van der Waals surface area (Å²) in [6, 6.07) is 0. The molecule has 2 heteroatoms. The lowest BCUT2D eigenvalue weighted by atomic mass is 9.91. The summed E-state index contributed by atoms with van der Waals surface area (Å²) < 4.78 is 0. The highest BCUT2D eigenvalue weighted by Crippen LogP contribution is 2.33. The van der Waals surface area contributed by atoms with Crippen LogP contribution in [0.5, 0.6) is 0 Å². The van der Waals surface area contributed by atoms with Gasteiger partial charge in [-0.15, -0.1) is 0 Å². The number of hydrogen-bond donors (Lipinski definition) is 1. The number of carboxylic acid groups (broad SMARTS) is 1. The summed E-state index contributed by atoms with van der Waals surface area (Å²) in [6.45, 7) is 4.19. The van der Waals surface area contributed by atoms with E-state index in [0.29, 0.717) is 5.92 Å². The van der Waals surface area contributed by atoms with Gasteiger partial charge in [-0.2, -0.15) is 0 Å². The molecule has 0 saturated heterocycles. The quantitative estimate of drug-likeness (QED) is 0.543. The van der Waals surface area contributed by atoms with E-state index >= 15 is 0 Å². The van der Waals surface area contributed by atoms with Gasteiger partial charge in [-0.1, -0.05) is 38.2 Å². The number of aliphatic carboxylic acids is 1. The monoisotopic (exact) mass is 224 g/mol. The standard InChI is InChI=1S/C14H24O2/c1-3-4-5-8-11(2)13(14(15)16)12-9-6-7-10-12/h12H,3-10H2,1-2H3,(H,15,16). The van der Waals surface area contributed by atoms with E-state index in [0.717, 1.165) is 36.8 Å². The summed E-state index contributed by atoms with van der Waals surface area (Å²) >= 11 is 0. The van der Waals surface area contributed by atoms with Crippen molar-refractivity contribution in [3.63, 3.8) is 0 Å². The highest BCUT2D eigenvalue weighted by atomic mass is 16.4. The summed E-state index contributed by atoms with van der Waals surface area (Å²) in [4.78, 5) is 11.3. The van der Waals surface area contributed by atoms with Crippen LogP contribution in [-0.4, -0.2) is 11.1 Å². The van der Waals surface area contributed by atoms with Crippen LogP contribution >= 0.6 is 0 Å². The summed E-state index contributed by atoms with van der Waals surface area (Å²) in [6.07, 6.45) is 9.04. The molecule has 0 aromatic heterocycles. The molecular weight excluding hydrogens is 200 g/mol. The van der Waals surface area contributed by atoms with E-state index in [1.54, 1.807) is 0 Å². The molecular formula is C14H24O2. The van der Waals surface area contributed by atoms with Gasteiger partial charge < -0.3 is 5.11 Å². The topological polar surface area (TPSA) is 37.3 Å². The molecule has 1 aliphatic carbocycles. The van der Waals surface area contributed by atoms with Gasteiger partial charge in [0.05, 0.1) is 0 Å². The van der Waals surface area contributed by atoms with Gasteiger partial charge in [0, 0.05) is 5.57 Å². The van der Waals surface area contributed by atoms with E-state index in [2.05, 4.69) is 6.92 Å². The predicted octanol–water partition coefficient (Wildman–Crippen LogP) is 4.16. The van der Waals surface area contributed by atoms with E-state index in [-0.39, 0.29) is 0 Å². The molecule has 0 amide bonds. The second-order valence-corrected chi connectivity index (χ2v) is 4.94. The molecule has 16 heavy (non-hydrogen) atoms. The van der Waals surface area contributed by atoms with Crippen LogP contribution in [0.1, 0.15) is 65.2 Å². The van der Waals surface area contributed by atoms with Gasteiger partial charge >= 0.3 is 5.97 Å². The molecule has 1 fully saturated rings. The lowest BCUT2D eigenvalue weighted by Crippen LogP contribution is -2.12. The Balaban J connectivity index is 2.65. The Hall–Kier alpha value is -0.790. The molecule has 2 nitrogen and oxygen atoms in total. The van der Waals surface area contributed by atoms with Crippen molar-refractivity contribution in [2.45, 2.75) is 65.2 Å². The van der Waals surface area contributed by atoms with Crippen LogP contribution in [0.25, 0.3) is 0 Å². The summed E-state index contributed by atoms with van der Waals surface area (Å²) in [5.74, 6) is -0.347. The van der Waals surface area contributed by atoms with Gasteiger partial charge in [-0.25, -0.2) is 4.79 Å². The Morgan fingerprint density at radius 1 is 1.25 bits per heavy atom. The highest BCUT2D eigenvalue weighted by molar-refractivity contribution is 5.88. The predicted molar refractivity (Wildman–Crippen MR) is 66.4 cm³/mol. The van der Waals surface area contributed by atoms with Gasteiger partial charge in [0.1, 0.15) is 0 Å². The largest absolute Gasteiger partial charge is 0.478 e. The number of carboxylic acids is 1. The zero-order valence-electron chi connectivity index (χ0n) is 10.6. The van der Waals surface area contributed by atoms with Crippen molar-refractivity contribution in [3.05, 3.63) is 11.1 Å². The second-order valence-electron chi connectivity index (χ2n) is 4.94. The van der Waals surface area contributed by atoms with E-state index in [1.165, 1.54) is 25.7 Å². The molecule has 0 unspecified atom stereocenters. The van der Waals surface area contributed by atoms with Gasteiger partial charge in [-0.05, 0) is 38.5 Å². The van der Waals surface area contributed by atoms with Gasteiger partial charge in [0.2, 0.25) is 0 Å². The first-order valence-corrected chi connectivity index (χ1v) is 6.59. The third-order valence-corrected chi connectivity index (χ3v) is 3.61. The van der Waals surface area contributed by atoms with Crippen LogP contribution in [0.4, 0.5) is 0 Å². The minimum atomic E-state index is -0.680. The van der Waals surface area contributed by atoms with Crippen LogP contribution in [0.15, 0.2) is 11.1 Å². The first kappa shape index (κ1) is 13.3. The van der Waals surface area contributed by atoms with Crippen molar-refractivity contribution in [1.29, 1.82) is 0 Å². The van der Waals surface area contributed by atoms with E-state index in [9.17, 15) is 9.90 Å². The molecule has 0 radical (unpaired) electrons. The maximum Gasteiger partial charge on any atom is 0.331 e. The van der Waals surface area contributed by atoms with E-state index < -0.39 is 5.97 Å².